The number of methoxy groups -OCH3 is 1. The largest absolute Gasteiger partial charge is 0.469 e. The lowest BCUT2D eigenvalue weighted by Crippen LogP contribution is -2.33. The number of allylic oxidation sites excluding steroid dienone is 1. The third-order valence-electron chi connectivity index (χ3n) is 3.68. The molecule has 1 fully saturated rings. The second-order valence-electron chi connectivity index (χ2n) is 4.65. The van der Waals surface area contributed by atoms with Crippen molar-refractivity contribution in [2.75, 3.05) is 7.11 Å². The minimum Gasteiger partial charge on any atom is -0.469 e. The summed E-state index contributed by atoms with van der Waals surface area (Å²) < 4.78 is 4.58. The summed E-state index contributed by atoms with van der Waals surface area (Å²) in [5.41, 5.74) is 1.13. The summed E-state index contributed by atoms with van der Waals surface area (Å²) in [4.78, 5) is 23.0. The van der Waals surface area contributed by atoms with Gasteiger partial charge in [0, 0.05) is 18.3 Å². The normalized spacial score (nSPS) is 30.3. The summed E-state index contributed by atoms with van der Waals surface area (Å²) in [5, 5.41) is 0. The fourth-order valence-electron chi connectivity index (χ4n) is 2.21. The molecule has 90 valence electrons. The first-order valence-electron chi connectivity index (χ1n) is 5.75. The van der Waals surface area contributed by atoms with Crippen molar-refractivity contribution in [2.45, 2.75) is 33.1 Å². The van der Waals surface area contributed by atoms with Crippen molar-refractivity contribution in [3.05, 3.63) is 12.2 Å². The first kappa shape index (κ1) is 12.9. The van der Waals surface area contributed by atoms with Crippen LogP contribution in [0.1, 0.15) is 33.1 Å². The summed E-state index contributed by atoms with van der Waals surface area (Å²) in [6, 6.07) is 0. The minimum absolute atomic E-state index is 0.0314. The Morgan fingerprint density at radius 3 is 2.62 bits per heavy atom. The first-order chi connectivity index (χ1) is 7.47. The molecule has 0 radical (unpaired) electrons. The average molecular weight is 224 g/mol. The van der Waals surface area contributed by atoms with Crippen molar-refractivity contribution in [1.29, 1.82) is 0 Å². The zero-order valence-electron chi connectivity index (χ0n) is 10.3. The maximum Gasteiger partial charge on any atom is 0.305 e. The van der Waals surface area contributed by atoms with Gasteiger partial charge in [-0.15, -0.1) is 0 Å². The number of carbonyl (C=O) groups is 2. The van der Waals surface area contributed by atoms with E-state index in [1.807, 2.05) is 13.8 Å². The molecule has 0 spiro atoms. The monoisotopic (exact) mass is 224 g/mol. The highest BCUT2D eigenvalue weighted by atomic mass is 16.5. The van der Waals surface area contributed by atoms with E-state index in [2.05, 4.69) is 11.3 Å². The number of ether oxygens (including phenoxy) is 1. The van der Waals surface area contributed by atoms with E-state index < -0.39 is 0 Å². The molecular weight excluding hydrogens is 204 g/mol. The molecule has 0 saturated heterocycles. The van der Waals surface area contributed by atoms with Crippen LogP contribution in [0.5, 0.6) is 0 Å². The molecule has 1 rings (SSSR count). The fraction of sp³-hybridized carbons (Fsp3) is 0.692. The Balaban J connectivity index is 2.57. The SMILES string of the molecule is C=C1CC(CCC(=O)OC)C(=O)C(C)C1C. The molecule has 0 amide bonds. The van der Waals surface area contributed by atoms with Crippen molar-refractivity contribution >= 4 is 11.8 Å². The highest BCUT2D eigenvalue weighted by Crippen LogP contribution is 2.35. The lowest BCUT2D eigenvalue weighted by molar-refractivity contribution is -0.141. The number of hydrogen-bond donors (Lipinski definition) is 0. The second-order valence-corrected chi connectivity index (χ2v) is 4.65. The van der Waals surface area contributed by atoms with Gasteiger partial charge in [-0.05, 0) is 18.8 Å². The quantitative estimate of drug-likeness (QED) is 0.546. The molecular formula is C13H20O3. The zero-order chi connectivity index (χ0) is 12.3. The van der Waals surface area contributed by atoms with Gasteiger partial charge >= 0.3 is 5.97 Å². The van der Waals surface area contributed by atoms with E-state index in [1.54, 1.807) is 0 Å². The highest BCUT2D eigenvalue weighted by molar-refractivity contribution is 5.85. The smallest absolute Gasteiger partial charge is 0.305 e. The topological polar surface area (TPSA) is 43.4 Å². The lowest BCUT2D eigenvalue weighted by Gasteiger charge is -2.32. The van der Waals surface area contributed by atoms with Gasteiger partial charge in [-0.25, -0.2) is 0 Å². The molecule has 0 aromatic rings. The molecule has 0 N–H and O–H groups in total. The molecule has 1 aliphatic rings. The van der Waals surface area contributed by atoms with E-state index in [0.29, 0.717) is 12.8 Å². The first-order valence-corrected chi connectivity index (χ1v) is 5.75. The van der Waals surface area contributed by atoms with Crippen LogP contribution < -0.4 is 0 Å². The number of hydrogen-bond acceptors (Lipinski definition) is 3. The molecule has 0 heterocycles. The Labute approximate surface area is 96.9 Å². The summed E-state index contributed by atoms with van der Waals surface area (Å²) in [6.45, 7) is 8.00. The van der Waals surface area contributed by atoms with E-state index in [9.17, 15) is 9.59 Å². The third kappa shape index (κ3) is 2.71. The molecule has 3 unspecified atom stereocenters. The van der Waals surface area contributed by atoms with E-state index in [4.69, 9.17) is 0 Å². The highest BCUT2D eigenvalue weighted by Gasteiger charge is 2.34. The Hall–Kier alpha value is -1.12. The van der Waals surface area contributed by atoms with Crippen molar-refractivity contribution in [3.63, 3.8) is 0 Å². The van der Waals surface area contributed by atoms with Crippen LogP contribution in [0.25, 0.3) is 0 Å². The molecule has 3 nitrogen and oxygen atoms in total. The zero-order valence-corrected chi connectivity index (χ0v) is 10.3. The molecule has 3 heteroatoms. The van der Waals surface area contributed by atoms with Crippen LogP contribution in [0, 0.1) is 17.8 Å². The number of carbonyl (C=O) groups excluding carboxylic acids is 2. The maximum absolute atomic E-state index is 12.0. The van der Waals surface area contributed by atoms with Gasteiger partial charge in [0.2, 0.25) is 0 Å². The molecule has 0 aromatic carbocycles. The van der Waals surface area contributed by atoms with Crippen LogP contribution >= 0.6 is 0 Å². The van der Waals surface area contributed by atoms with Crippen LogP contribution in [0.15, 0.2) is 12.2 Å². The number of ketones is 1. The summed E-state index contributed by atoms with van der Waals surface area (Å²) in [6.07, 6.45) is 1.63. The number of Topliss-reactive ketones (excluding diaryl/α,β-unsaturated/α-hetero) is 1. The van der Waals surface area contributed by atoms with Crippen molar-refractivity contribution < 1.29 is 14.3 Å². The summed E-state index contributed by atoms with van der Waals surface area (Å²) in [7, 11) is 1.37. The van der Waals surface area contributed by atoms with E-state index in [-0.39, 0.29) is 29.5 Å². The molecule has 0 bridgehead atoms. The molecule has 0 aliphatic heterocycles. The van der Waals surface area contributed by atoms with Crippen molar-refractivity contribution in [2.24, 2.45) is 17.8 Å². The molecule has 16 heavy (non-hydrogen) atoms. The van der Waals surface area contributed by atoms with E-state index in [0.717, 1.165) is 12.0 Å². The van der Waals surface area contributed by atoms with Gasteiger partial charge in [0.25, 0.3) is 0 Å². The van der Waals surface area contributed by atoms with Crippen molar-refractivity contribution in [1.82, 2.24) is 0 Å². The van der Waals surface area contributed by atoms with Crippen LogP contribution in [0.4, 0.5) is 0 Å². The number of esters is 1. The van der Waals surface area contributed by atoms with Crippen LogP contribution in [-0.4, -0.2) is 18.9 Å². The van der Waals surface area contributed by atoms with Gasteiger partial charge in [0.05, 0.1) is 7.11 Å². The Bertz CT molecular complexity index is 306. The fourth-order valence-corrected chi connectivity index (χ4v) is 2.21. The van der Waals surface area contributed by atoms with E-state index in [1.165, 1.54) is 7.11 Å². The van der Waals surface area contributed by atoms with E-state index >= 15 is 0 Å². The molecule has 1 saturated carbocycles. The predicted octanol–water partition coefficient (Wildman–Crippen LogP) is 2.36. The average Bonchev–Trinajstić information content (AvgIpc) is 2.28. The Kier molecular flexibility index (Phi) is 4.27. The summed E-state index contributed by atoms with van der Waals surface area (Å²) in [5.74, 6) is 0.275. The van der Waals surface area contributed by atoms with Crippen LogP contribution in [-0.2, 0) is 14.3 Å². The minimum atomic E-state index is -0.246. The van der Waals surface area contributed by atoms with Gasteiger partial charge in [0.15, 0.2) is 0 Å². The van der Waals surface area contributed by atoms with Gasteiger partial charge < -0.3 is 4.74 Å². The molecule has 0 aromatic heterocycles. The second kappa shape index (κ2) is 5.28. The summed E-state index contributed by atoms with van der Waals surface area (Å²) >= 11 is 0. The van der Waals surface area contributed by atoms with Gasteiger partial charge in [-0.3, -0.25) is 9.59 Å². The molecule has 3 atom stereocenters. The molecule has 1 aliphatic carbocycles. The standard InChI is InChI=1S/C13H20O3/c1-8-7-11(5-6-12(14)16-4)13(15)10(3)9(8)2/h9-11H,1,5-7H2,2-4H3. The Morgan fingerprint density at radius 2 is 2.06 bits per heavy atom. The Morgan fingerprint density at radius 1 is 1.44 bits per heavy atom. The lowest BCUT2D eigenvalue weighted by atomic mass is 9.71. The van der Waals surface area contributed by atoms with Crippen molar-refractivity contribution in [3.8, 4) is 0 Å². The van der Waals surface area contributed by atoms with Gasteiger partial charge in [-0.1, -0.05) is 26.0 Å². The predicted molar refractivity (Wildman–Crippen MR) is 61.8 cm³/mol. The van der Waals surface area contributed by atoms with Crippen LogP contribution in [0.3, 0.4) is 0 Å². The van der Waals surface area contributed by atoms with Gasteiger partial charge in [-0.2, -0.15) is 0 Å². The maximum atomic E-state index is 12.0. The third-order valence-corrected chi connectivity index (χ3v) is 3.68. The van der Waals surface area contributed by atoms with Gasteiger partial charge in [0.1, 0.15) is 5.78 Å². The number of rotatable bonds is 3. The van der Waals surface area contributed by atoms with Crippen LogP contribution in [0.2, 0.25) is 0 Å².